The van der Waals surface area contributed by atoms with Gasteiger partial charge in [0.15, 0.2) is 40.8 Å². The number of hydrogen-bond donors (Lipinski definition) is 0. The number of benzene rings is 23. The number of fused-ring (bicyclic) bond motifs is 17. The lowest BCUT2D eigenvalue weighted by Crippen LogP contribution is -2.01. The van der Waals surface area contributed by atoms with Crippen LogP contribution >= 0.6 is 0 Å². The van der Waals surface area contributed by atoms with Gasteiger partial charge in [-0.3, -0.25) is 9.97 Å². The van der Waals surface area contributed by atoms with E-state index in [-0.39, 0.29) is 0 Å². The average molecular weight is 1810 g/mol. The van der Waals surface area contributed by atoms with Crippen molar-refractivity contribution in [3.63, 3.8) is 0 Å². The summed E-state index contributed by atoms with van der Waals surface area (Å²) in [6, 6.07) is 170. The van der Waals surface area contributed by atoms with E-state index in [2.05, 4.69) is 479 Å². The molecule has 0 aliphatic carbocycles. The highest BCUT2D eigenvalue weighted by molar-refractivity contribution is 6.18. The van der Waals surface area contributed by atoms with Gasteiger partial charge in [-0.05, 0) is 183 Å². The van der Waals surface area contributed by atoms with Crippen LogP contribution < -0.4 is 0 Å². The standard InChI is InChI=1S/C47H29N3.C46H28N4.C39H25N3/c1-6-16-37-30(11-1)25-26-48-46(37)31-21-23-32(24-22-31)47-49-44(42-27-33-12-2-4-14-35(33)38-17-7-9-19-40(38)42)29-45(50-47)43-28-34-13-3-5-15-36(34)39-18-8-10-20-41(39)43;1-2-14-34-28-47-43(27-31(34)11-1)29-21-23-30(24-22-29)44-48-45(41-25-32-12-3-5-15-35(32)37-17-7-9-19-39(37)41)50-46(49-44)42-26-33-13-4-6-16-36(33)38-18-8-10-20-40(38)42;1-4-16-31-26(10-1)13-7-19-32(31)29-22-24-30(25-23-29)37-40-38(35-20-8-14-27-11-2-5-17-33(27)35)42-39(41-37)36-21-9-15-28-12-3-6-18-34(28)36/h1-29H;1-28H;1-25H. The molecule has 0 spiro atoms. The van der Waals surface area contributed by atoms with Crippen LogP contribution in [0.3, 0.4) is 0 Å². The van der Waals surface area contributed by atoms with E-state index in [1.807, 2.05) is 18.5 Å². The van der Waals surface area contributed by atoms with Crippen LogP contribution in [0.15, 0.2) is 498 Å². The first-order chi connectivity index (χ1) is 70.4. The Bertz CT molecular complexity index is 9500. The van der Waals surface area contributed by atoms with E-state index in [0.29, 0.717) is 40.8 Å². The third-order valence-corrected chi connectivity index (χ3v) is 27.6. The largest absolute Gasteiger partial charge is 0.256 e. The zero-order chi connectivity index (χ0) is 93.9. The van der Waals surface area contributed by atoms with Crippen LogP contribution in [0.25, 0.3) is 276 Å². The summed E-state index contributed by atoms with van der Waals surface area (Å²) in [6.45, 7) is 0. The minimum Gasteiger partial charge on any atom is -0.256 e. The Balaban J connectivity index is 0.000000110. The van der Waals surface area contributed by atoms with Gasteiger partial charge >= 0.3 is 0 Å². The minimum absolute atomic E-state index is 0.623. The zero-order valence-electron chi connectivity index (χ0n) is 76.8. The number of aromatic nitrogens is 10. The summed E-state index contributed by atoms with van der Waals surface area (Å²) < 4.78 is 0. The lowest BCUT2D eigenvalue weighted by Gasteiger charge is -2.15. The van der Waals surface area contributed by atoms with E-state index in [1.54, 1.807) is 0 Å². The van der Waals surface area contributed by atoms with Crippen LogP contribution in [0, 0.1) is 0 Å². The van der Waals surface area contributed by atoms with Crippen molar-refractivity contribution in [1.29, 1.82) is 0 Å². The SMILES string of the molecule is c1ccc2c(-c3ccc(-c4nc(-c5cc6ccccc6c6ccccc56)cc(-c5cc6ccccc6c6ccccc56)n4)cc3)nccc2c1.c1ccc2c(-c3ccc(-c4nc(-c5cccc6ccccc56)nc(-c5cccc6ccccc56)n4)cc3)cccc2c1.c1ccc2cc(-c3ccc(-c4nc(-c5cc6ccccc6c6ccccc56)nc(-c5cc6ccccc6c6ccccc56)n4)cc3)ncc2c1. The molecule has 0 fully saturated rings. The Kier molecular flexibility index (Phi) is 21.1. The van der Waals surface area contributed by atoms with Crippen molar-refractivity contribution >= 4 is 140 Å². The highest BCUT2D eigenvalue weighted by Crippen LogP contribution is 2.45. The summed E-state index contributed by atoms with van der Waals surface area (Å²) in [4.78, 5) is 51.0. The molecule has 142 heavy (non-hydrogen) atoms. The van der Waals surface area contributed by atoms with Crippen LogP contribution in [-0.4, -0.2) is 49.8 Å². The van der Waals surface area contributed by atoms with Crippen LogP contribution in [0.2, 0.25) is 0 Å². The molecule has 5 aromatic heterocycles. The van der Waals surface area contributed by atoms with Crippen molar-refractivity contribution in [2.45, 2.75) is 0 Å². The van der Waals surface area contributed by atoms with Gasteiger partial charge in [-0.15, -0.1) is 0 Å². The maximum Gasteiger partial charge on any atom is 0.164 e. The third kappa shape index (κ3) is 15.5. The van der Waals surface area contributed by atoms with Crippen LogP contribution in [-0.2, 0) is 0 Å². The molecular formula is C132H82N10. The van der Waals surface area contributed by atoms with Gasteiger partial charge in [-0.1, -0.05) is 443 Å². The number of rotatable bonds is 12. The molecule has 10 nitrogen and oxygen atoms in total. The van der Waals surface area contributed by atoms with Crippen molar-refractivity contribution in [3.8, 4) is 136 Å². The highest BCUT2D eigenvalue weighted by atomic mass is 15.0. The van der Waals surface area contributed by atoms with Crippen LogP contribution in [0.1, 0.15) is 0 Å². The van der Waals surface area contributed by atoms with Gasteiger partial charge in [0, 0.05) is 84.4 Å². The summed E-state index contributed by atoms with van der Waals surface area (Å²) in [6.07, 6.45) is 3.82. The van der Waals surface area contributed by atoms with E-state index in [9.17, 15) is 0 Å². The molecule has 0 saturated heterocycles. The van der Waals surface area contributed by atoms with Crippen molar-refractivity contribution < 1.29 is 0 Å². The van der Waals surface area contributed by atoms with Gasteiger partial charge in [-0.2, -0.15) is 0 Å². The summed E-state index contributed by atoms with van der Waals surface area (Å²) in [5.41, 5.74) is 17.1. The summed E-state index contributed by atoms with van der Waals surface area (Å²) in [5.74, 6) is 4.58. The van der Waals surface area contributed by atoms with E-state index in [4.69, 9.17) is 49.8 Å². The molecule has 0 amide bonds. The predicted octanol–water partition coefficient (Wildman–Crippen LogP) is 34.0. The second-order valence-corrected chi connectivity index (χ2v) is 35.9. The van der Waals surface area contributed by atoms with Crippen molar-refractivity contribution in [3.05, 3.63) is 498 Å². The average Bonchev–Trinajstić information content (AvgIpc) is 0.747. The first-order valence-electron chi connectivity index (χ1n) is 47.9. The number of pyridine rings is 2. The van der Waals surface area contributed by atoms with Gasteiger partial charge < -0.3 is 0 Å². The highest BCUT2D eigenvalue weighted by Gasteiger charge is 2.24. The quantitative estimate of drug-likeness (QED) is 0.109. The summed E-state index contributed by atoms with van der Waals surface area (Å²) in [5, 5.41) is 30.5. The van der Waals surface area contributed by atoms with Gasteiger partial charge in [0.2, 0.25) is 0 Å². The molecular weight excluding hydrogens is 1730 g/mol. The van der Waals surface area contributed by atoms with Crippen molar-refractivity contribution in [2.75, 3.05) is 0 Å². The molecule has 0 aliphatic heterocycles. The topological polar surface area (TPSA) is 129 Å². The molecule has 23 aromatic carbocycles. The predicted molar refractivity (Wildman–Crippen MR) is 590 cm³/mol. The first kappa shape index (κ1) is 83.4. The molecule has 660 valence electrons. The molecule has 0 saturated carbocycles. The fraction of sp³-hybridized carbons (Fsp3) is 0. The zero-order valence-corrected chi connectivity index (χ0v) is 76.8. The summed E-state index contributed by atoms with van der Waals surface area (Å²) >= 11 is 0. The van der Waals surface area contributed by atoms with E-state index >= 15 is 0 Å². The summed E-state index contributed by atoms with van der Waals surface area (Å²) in [7, 11) is 0. The maximum atomic E-state index is 5.32. The molecule has 0 radical (unpaired) electrons. The molecule has 0 unspecified atom stereocenters. The second-order valence-electron chi connectivity index (χ2n) is 35.9. The third-order valence-electron chi connectivity index (χ3n) is 27.6. The molecule has 28 aromatic rings. The van der Waals surface area contributed by atoms with Crippen molar-refractivity contribution in [1.82, 2.24) is 49.8 Å². The Morgan fingerprint density at radius 2 is 0.387 bits per heavy atom. The molecule has 0 atom stereocenters. The molecule has 0 bridgehead atoms. The lowest BCUT2D eigenvalue weighted by molar-refractivity contribution is 1.08. The normalized spacial score (nSPS) is 11.5. The van der Waals surface area contributed by atoms with Crippen LogP contribution in [0.5, 0.6) is 0 Å². The van der Waals surface area contributed by atoms with Gasteiger partial charge in [0.25, 0.3) is 0 Å². The monoisotopic (exact) mass is 1810 g/mol. The Hall–Kier alpha value is -19.2. The number of nitrogens with zero attached hydrogens (tertiary/aromatic N) is 10. The minimum atomic E-state index is 0.623. The smallest absolute Gasteiger partial charge is 0.164 e. The van der Waals surface area contributed by atoms with Crippen LogP contribution in [0.4, 0.5) is 0 Å². The number of hydrogen-bond acceptors (Lipinski definition) is 10. The Morgan fingerprint density at radius 1 is 0.120 bits per heavy atom. The second kappa shape index (κ2) is 35.8. The van der Waals surface area contributed by atoms with E-state index < -0.39 is 0 Å². The molecule has 10 heteroatoms. The molecule has 5 heterocycles. The Morgan fingerprint density at radius 3 is 0.796 bits per heavy atom. The van der Waals surface area contributed by atoms with Crippen molar-refractivity contribution in [2.24, 2.45) is 0 Å². The molecule has 0 N–H and O–H groups in total. The fourth-order valence-electron chi connectivity index (χ4n) is 20.6. The van der Waals surface area contributed by atoms with Gasteiger partial charge in [0.1, 0.15) is 0 Å². The van der Waals surface area contributed by atoms with Gasteiger partial charge in [-0.25, -0.2) is 39.9 Å². The fourth-order valence-corrected chi connectivity index (χ4v) is 20.6. The first-order valence-corrected chi connectivity index (χ1v) is 47.9. The molecule has 28 rings (SSSR count). The lowest BCUT2D eigenvalue weighted by atomic mass is 9.93. The Labute approximate surface area is 817 Å². The molecule has 0 aliphatic rings. The van der Waals surface area contributed by atoms with E-state index in [0.717, 1.165) is 143 Å². The maximum absolute atomic E-state index is 5.32. The van der Waals surface area contributed by atoms with E-state index in [1.165, 1.54) is 91.7 Å². The van der Waals surface area contributed by atoms with Gasteiger partial charge in [0.05, 0.1) is 22.8 Å².